The van der Waals surface area contributed by atoms with Gasteiger partial charge in [-0.05, 0) is 49.4 Å². The predicted molar refractivity (Wildman–Crippen MR) is 91.6 cm³/mol. The summed E-state index contributed by atoms with van der Waals surface area (Å²) in [5, 5.41) is 3.36. The number of rotatable bonds is 6. The quantitative estimate of drug-likeness (QED) is 0.729. The zero-order valence-electron chi connectivity index (χ0n) is 13.5. The molecule has 0 aliphatic heterocycles. The van der Waals surface area contributed by atoms with Gasteiger partial charge < -0.3 is 14.5 Å². The van der Waals surface area contributed by atoms with E-state index in [4.69, 9.17) is 9.15 Å². The zero-order valence-corrected chi connectivity index (χ0v) is 13.5. The van der Waals surface area contributed by atoms with Crippen molar-refractivity contribution in [2.75, 3.05) is 7.05 Å². The highest BCUT2D eigenvalue weighted by Crippen LogP contribution is 2.24. The van der Waals surface area contributed by atoms with Crippen LogP contribution < -0.4 is 10.1 Å². The van der Waals surface area contributed by atoms with Crippen molar-refractivity contribution in [2.45, 2.75) is 19.6 Å². The monoisotopic (exact) mass is 307 g/mol. The van der Waals surface area contributed by atoms with Crippen molar-refractivity contribution >= 4 is 0 Å². The third-order valence-corrected chi connectivity index (χ3v) is 3.81. The summed E-state index contributed by atoms with van der Waals surface area (Å²) < 4.78 is 11.3. The first-order chi connectivity index (χ1) is 11.3. The minimum Gasteiger partial charge on any atom is -0.486 e. The van der Waals surface area contributed by atoms with E-state index in [1.54, 1.807) is 0 Å². The Bertz CT molecular complexity index is 732. The first-order valence-electron chi connectivity index (χ1n) is 7.76. The second kappa shape index (κ2) is 7.16. The first-order valence-corrected chi connectivity index (χ1v) is 7.76. The number of ether oxygens (including phenoxy) is 1. The van der Waals surface area contributed by atoms with Gasteiger partial charge in [0.2, 0.25) is 0 Å². The molecule has 0 aliphatic rings. The average molecular weight is 307 g/mol. The molecule has 23 heavy (non-hydrogen) atoms. The lowest BCUT2D eigenvalue weighted by Gasteiger charge is -2.17. The molecule has 0 saturated carbocycles. The fraction of sp³-hybridized carbons (Fsp3) is 0.200. The van der Waals surface area contributed by atoms with Crippen LogP contribution in [0.2, 0.25) is 0 Å². The lowest BCUT2D eigenvalue weighted by Crippen LogP contribution is -2.17. The van der Waals surface area contributed by atoms with Crippen LogP contribution in [0.3, 0.4) is 0 Å². The highest BCUT2D eigenvalue weighted by Gasteiger charge is 2.11. The summed E-state index contributed by atoms with van der Waals surface area (Å²) in [7, 11) is 1.97. The van der Waals surface area contributed by atoms with E-state index in [1.807, 2.05) is 44.3 Å². The zero-order chi connectivity index (χ0) is 16.1. The Morgan fingerprint density at radius 2 is 1.61 bits per heavy atom. The van der Waals surface area contributed by atoms with Gasteiger partial charge in [-0.15, -0.1) is 0 Å². The van der Waals surface area contributed by atoms with Crippen molar-refractivity contribution in [3.8, 4) is 5.75 Å². The fourth-order valence-corrected chi connectivity index (χ4v) is 2.64. The summed E-state index contributed by atoms with van der Waals surface area (Å²) in [6.07, 6.45) is 0. The lowest BCUT2D eigenvalue weighted by molar-refractivity contribution is 0.267. The van der Waals surface area contributed by atoms with Crippen LogP contribution in [0.5, 0.6) is 5.75 Å². The lowest BCUT2D eigenvalue weighted by atomic mass is 9.99. The molecule has 0 saturated heterocycles. The Morgan fingerprint density at radius 1 is 0.913 bits per heavy atom. The van der Waals surface area contributed by atoms with Gasteiger partial charge in [-0.1, -0.05) is 42.5 Å². The largest absolute Gasteiger partial charge is 0.486 e. The number of furan rings is 1. The third-order valence-electron chi connectivity index (χ3n) is 3.81. The van der Waals surface area contributed by atoms with E-state index in [1.165, 1.54) is 11.1 Å². The smallest absolute Gasteiger partial charge is 0.146 e. The van der Waals surface area contributed by atoms with E-state index in [-0.39, 0.29) is 6.04 Å². The van der Waals surface area contributed by atoms with Crippen LogP contribution in [0, 0.1) is 6.92 Å². The van der Waals surface area contributed by atoms with E-state index in [9.17, 15) is 0 Å². The molecule has 1 atom stereocenters. The fourth-order valence-electron chi connectivity index (χ4n) is 2.64. The van der Waals surface area contributed by atoms with Crippen LogP contribution in [-0.4, -0.2) is 7.05 Å². The Labute approximate surface area is 136 Å². The van der Waals surface area contributed by atoms with Crippen molar-refractivity contribution in [1.29, 1.82) is 0 Å². The van der Waals surface area contributed by atoms with Crippen LogP contribution >= 0.6 is 0 Å². The summed E-state index contributed by atoms with van der Waals surface area (Å²) in [5.41, 5.74) is 2.45. The van der Waals surface area contributed by atoms with Gasteiger partial charge in [0.05, 0.1) is 6.04 Å². The van der Waals surface area contributed by atoms with Gasteiger partial charge in [0, 0.05) is 0 Å². The van der Waals surface area contributed by atoms with Crippen LogP contribution in [0.15, 0.2) is 71.1 Å². The van der Waals surface area contributed by atoms with E-state index >= 15 is 0 Å². The molecule has 0 fully saturated rings. The summed E-state index contributed by atoms with van der Waals surface area (Å²) in [6, 6.07) is 22.7. The van der Waals surface area contributed by atoms with Gasteiger partial charge in [-0.25, -0.2) is 0 Å². The molecule has 3 aromatic rings. The van der Waals surface area contributed by atoms with Crippen molar-refractivity contribution in [1.82, 2.24) is 5.32 Å². The summed E-state index contributed by atoms with van der Waals surface area (Å²) in [4.78, 5) is 0. The molecule has 2 aromatic carbocycles. The Hall–Kier alpha value is -2.52. The van der Waals surface area contributed by atoms with Crippen LogP contribution in [-0.2, 0) is 6.61 Å². The molecule has 3 nitrogen and oxygen atoms in total. The molecule has 0 aliphatic carbocycles. The topological polar surface area (TPSA) is 34.4 Å². The van der Waals surface area contributed by atoms with E-state index < -0.39 is 0 Å². The number of hydrogen-bond donors (Lipinski definition) is 1. The predicted octanol–water partition coefficient (Wildman–Crippen LogP) is 4.48. The summed E-state index contributed by atoms with van der Waals surface area (Å²) in [6.45, 7) is 2.38. The van der Waals surface area contributed by atoms with Crippen LogP contribution in [0.4, 0.5) is 0 Å². The summed E-state index contributed by atoms with van der Waals surface area (Å²) in [5.74, 6) is 2.58. The molecule has 1 heterocycles. The average Bonchev–Trinajstić information content (AvgIpc) is 3.01. The molecule has 1 aromatic heterocycles. The first kappa shape index (κ1) is 15.4. The third kappa shape index (κ3) is 3.82. The van der Waals surface area contributed by atoms with Crippen molar-refractivity contribution < 1.29 is 9.15 Å². The van der Waals surface area contributed by atoms with Crippen LogP contribution in [0.25, 0.3) is 0 Å². The van der Waals surface area contributed by atoms with Crippen molar-refractivity contribution in [3.63, 3.8) is 0 Å². The number of nitrogens with one attached hydrogen (secondary N) is 1. The van der Waals surface area contributed by atoms with Gasteiger partial charge >= 0.3 is 0 Å². The minimum atomic E-state index is 0.179. The molecular formula is C20H21NO2. The van der Waals surface area contributed by atoms with E-state index in [0.29, 0.717) is 6.61 Å². The van der Waals surface area contributed by atoms with Gasteiger partial charge in [0.15, 0.2) is 0 Å². The van der Waals surface area contributed by atoms with Crippen molar-refractivity contribution in [2.24, 2.45) is 0 Å². The highest BCUT2D eigenvalue weighted by molar-refractivity contribution is 5.35. The molecule has 3 heteroatoms. The van der Waals surface area contributed by atoms with E-state index in [0.717, 1.165) is 17.3 Å². The summed E-state index contributed by atoms with van der Waals surface area (Å²) >= 11 is 0. The molecular weight excluding hydrogens is 286 g/mol. The SMILES string of the molecule is CNC(c1ccccc1)c1ccc(OCc2ccc(C)o2)cc1. The van der Waals surface area contributed by atoms with Gasteiger partial charge in [0.1, 0.15) is 23.9 Å². The number of benzene rings is 2. The molecule has 0 radical (unpaired) electrons. The molecule has 3 rings (SSSR count). The number of aryl methyl sites for hydroxylation is 1. The van der Waals surface area contributed by atoms with Gasteiger partial charge in [0.25, 0.3) is 0 Å². The minimum absolute atomic E-state index is 0.179. The second-order valence-corrected chi connectivity index (χ2v) is 5.50. The van der Waals surface area contributed by atoms with Gasteiger partial charge in [-0.3, -0.25) is 0 Å². The molecule has 1 unspecified atom stereocenters. The molecule has 1 N–H and O–H groups in total. The Kier molecular flexibility index (Phi) is 4.79. The maximum absolute atomic E-state index is 5.77. The van der Waals surface area contributed by atoms with Crippen LogP contribution in [0.1, 0.15) is 28.7 Å². The molecule has 0 bridgehead atoms. The normalized spacial score (nSPS) is 12.1. The maximum Gasteiger partial charge on any atom is 0.146 e. The molecule has 118 valence electrons. The van der Waals surface area contributed by atoms with Crippen molar-refractivity contribution in [3.05, 3.63) is 89.4 Å². The number of hydrogen-bond acceptors (Lipinski definition) is 3. The standard InChI is InChI=1S/C20H21NO2/c1-15-8-11-19(23-15)14-22-18-12-9-17(10-13-18)20(21-2)16-6-4-3-5-7-16/h3-13,20-21H,14H2,1-2H3. The van der Waals surface area contributed by atoms with Gasteiger partial charge in [-0.2, -0.15) is 0 Å². The second-order valence-electron chi connectivity index (χ2n) is 5.50. The van der Waals surface area contributed by atoms with E-state index in [2.05, 4.69) is 41.7 Å². The maximum atomic E-state index is 5.77. The Balaban J connectivity index is 1.68. The molecule has 0 amide bonds. The Morgan fingerprint density at radius 3 is 2.22 bits per heavy atom. The highest BCUT2D eigenvalue weighted by atomic mass is 16.5. The molecule has 0 spiro atoms.